The first-order valence-corrected chi connectivity index (χ1v) is 11.7. The number of non-ortho nitro benzene ring substituents is 1. The van der Waals surface area contributed by atoms with Gasteiger partial charge in [-0.05, 0) is 72.9 Å². The van der Waals surface area contributed by atoms with Gasteiger partial charge in [-0.3, -0.25) is 10.1 Å². The molecule has 0 aliphatic heterocycles. The maximum absolute atomic E-state index is 12.6. The molecule has 2 amide bonds. The minimum Gasteiger partial charge on any atom is -0.444 e. The number of nitro benzene ring substituents is 1. The highest BCUT2D eigenvalue weighted by atomic mass is 16.6. The third-order valence-corrected chi connectivity index (χ3v) is 4.43. The molecular weight excluding hydrogens is 440 g/mol. The van der Waals surface area contributed by atoms with Gasteiger partial charge in [0.2, 0.25) is 0 Å². The van der Waals surface area contributed by atoms with Crippen LogP contribution in [0, 0.1) is 10.1 Å². The number of nitrogens with zero attached hydrogens (tertiary/aromatic N) is 2. The molecule has 0 aliphatic carbocycles. The lowest BCUT2D eigenvalue weighted by molar-refractivity contribution is -0.384. The zero-order valence-electron chi connectivity index (χ0n) is 21.3. The molecular formula is C24H40N4O6. The molecule has 0 heterocycles. The molecule has 34 heavy (non-hydrogen) atoms. The van der Waals surface area contributed by atoms with Crippen LogP contribution < -0.4 is 10.6 Å². The highest BCUT2D eigenvalue weighted by Gasteiger charge is 2.21. The predicted octanol–water partition coefficient (Wildman–Crippen LogP) is 4.62. The average Bonchev–Trinajstić information content (AvgIpc) is 2.69. The van der Waals surface area contributed by atoms with E-state index in [4.69, 9.17) is 9.47 Å². The van der Waals surface area contributed by atoms with E-state index in [1.807, 2.05) is 41.5 Å². The number of rotatable bonds is 12. The number of carbonyl (C=O) groups is 2. The summed E-state index contributed by atoms with van der Waals surface area (Å²) >= 11 is 0. The largest absolute Gasteiger partial charge is 0.444 e. The Kier molecular flexibility index (Phi) is 11.8. The quantitative estimate of drug-likeness (QED) is 0.254. The molecule has 10 nitrogen and oxygen atoms in total. The topological polar surface area (TPSA) is 123 Å². The monoisotopic (exact) mass is 480 g/mol. The van der Waals surface area contributed by atoms with Crippen molar-refractivity contribution in [3.8, 4) is 0 Å². The van der Waals surface area contributed by atoms with Crippen molar-refractivity contribution in [2.24, 2.45) is 0 Å². The maximum Gasteiger partial charge on any atom is 0.410 e. The normalized spacial score (nSPS) is 11.6. The van der Waals surface area contributed by atoms with E-state index in [0.717, 1.165) is 12.0 Å². The summed E-state index contributed by atoms with van der Waals surface area (Å²) in [5, 5.41) is 16.7. The van der Waals surface area contributed by atoms with Crippen molar-refractivity contribution in [2.45, 2.75) is 78.6 Å². The van der Waals surface area contributed by atoms with Crippen LogP contribution in [0.3, 0.4) is 0 Å². The maximum atomic E-state index is 12.6. The molecule has 1 aromatic carbocycles. The van der Waals surface area contributed by atoms with Crippen LogP contribution in [0.5, 0.6) is 0 Å². The smallest absolute Gasteiger partial charge is 0.410 e. The summed E-state index contributed by atoms with van der Waals surface area (Å²) in [4.78, 5) is 36.3. The average molecular weight is 481 g/mol. The van der Waals surface area contributed by atoms with Crippen molar-refractivity contribution in [3.63, 3.8) is 0 Å². The summed E-state index contributed by atoms with van der Waals surface area (Å²) in [7, 11) is 0. The Balaban J connectivity index is 2.41. The molecule has 0 spiro atoms. The van der Waals surface area contributed by atoms with Gasteiger partial charge in [-0.25, -0.2) is 9.59 Å². The Bertz CT molecular complexity index is 784. The van der Waals surface area contributed by atoms with Gasteiger partial charge in [0.1, 0.15) is 11.2 Å². The number of unbranched alkanes of at least 4 members (excludes halogenated alkanes) is 1. The molecule has 10 heteroatoms. The molecule has 0 saturated carbocycles. The SMILES string of the molecule is CC(C)(C)OC(=O)NCCCCN(CCCNCc1ccc([N+](=O)[O-])cc1)C(=O)OC(C)(C)C. The van der Waals surface area contributed by atoms with Gasteiger partial charge >= 0.3 is 12.2 Å². The van der Waals surface area contributed by atoms with Crippen LogP contribution in [0.2, 0.25) is 0 Å². The van der Waals surface area contributed by atoms with Gasteiger partial charge in [-0.15, -0.1) is 0 Å². The molecule has 0 fully saturated rings. The number of carbonyl (C=O) groups excluding carboxylic acids is 2. The second kappa shape index (κ2) is 13.7. The first-order valence-electron chi connectivity index (χ1n) is 11.7. The van der Waals surface area contributed by atoms with E-state index in [9.17, 15) is 19.7 Å². The molecule has 2 N–H and O–H groups in total. The number of hydrogen-bond donors (Lipinski definition) is 2. The fourth-order valence-corrected chi connectivity index (χ4v) is 2.92. The van der Waals surface area contributed by atoms with Crippen LogP contribution in [0.1, 0.15) is 66.4 Å². The van der Waals surface area contributed by atoms with Crippen molar-refractivity contribution in [2.75, 3.05) is 26.2 Å². The summed E-state index contributed by atoms with van der Waals surface area (Å²) in [5.74, 6) is 0. The van der Waals surface area contributed by atoms with Crippen molar-refractivity contribution < 1.29 is 24.0 Å². The first kappa shape index (κ1) is 29.2. The predicted molar refractivity (Wildman–Crippen MR) is 131 cm³/mol. The Morgan fingerprint density at radius 1 is 0.912 bits per heavy atom. The van der Waals surface area contributed by atoms with Crippen molar-refractivity contribution in [1.82, 2.24) is 15.5 Å². The molecule has 0 bridgehead atoms. The lowest BCUT2D eigenvalue weighted by atomic mass is 10.2. The van der Waals surface area contributed by atoms with E-state index >= 15 is 0 Å². The summed E-state index contributed by atoms with van der Waals surface area (Å²) in [6.45, 7) is 13.7. The lowest BCUT2D eigenvalue weighted by Crippen LogP contribution is -2.39. The highest BCUT2D eigenvalue weighted by molar-refractivity contribution is 5.68. The Labute approximate surface area is 202 Å². The molecule has 1 rings (SSSR count). The summed E-state index contributed by atoms with van der Waals surface area (Å²) in [5.41, 5.74) is -0.101. The second-order valence-corrected chi connectivity index (χ2v) is 10.1. The standard InChI is InChI=1S/C24H40N4O6/c1-23(2,3)33-21(29)26-15-7-8-16-27(22(30)34-24(4,5)6)17-9-14-25-18-19-10-12-20(13-11-19)28(31)32/h10-13,25H,7-9,14-18H2,1-6H3,(H,26,29). The molecule has 0 radical (unpaired) electrons. The summed E-state index contributed by atoms with van der Waals surface area (Å²) < 4.78 is 10.7. The van der Waals surface area contributed by atoms with E-state index in [1.165, 1.54) is 12.1 Å². The van der Waals surface area contributed by atoms with Crippen LogP contribution in [-0.2, 0) is 16.0 Å². The molecule has 0 aromatic heterocycles. The van der Waals surface area contributed by atoms with Gasteiger partial charge in [-0.2, -0.15) is 0 Å². The van der Waals surface area contributed by atoms with Gasteiger partial charge < -0.3 is 25.0 Å². The Morgan fingerprint density at radius 2 is 1.50 bits per heavy atom. The van der Waals surface area contributed by atoms with Gasteiger partial charge in [0.15, 0.2) is 0 Å². The van der Waals surface area contributed by atoms with Crippen molar-refractivity contribution in [3.05, 3.63) is 39.9 Å². The summed E-state index contributed by atoms with van der Waals surface area (Å²) in [6.07, 6.45) is 1.34. The van der Waals surface area contributed by atoms with Crippen LogP contribution in [0.4, 0.5) is 15.3 Å². The highest BCUT2D eigenvalue weighted by Crippen LogP contribution is 2.13. The van der Waals surface area contributed by atoms with Crippen LogP contribution >= 0.6 is 0 Å². The van der Waals surface area contributed by atoms with E-state index < -0.39 is 22.2 Å². The number of alkyl carbamates (subject to hydrolysis) is 1. The molecule has 0 saturated heterocycles. The lowest BCUT2D eigenvalue weighted by Gasteiger charge is -2.27. The number of hydrogen-bond acceptors (Lipinski definition) is 7. The van der Waals surface area contributed by atoms with Gasteiger partial charge in [0, 0.05) is 38.3 Å². The second-order valence-electron chi connectivity index (χ2n) is 10.1. The van der Waals surface area contributed by atoms with E-state index in [1.54, 1.807) is 17.0 Å². The van der Waals surface area contributed by atoms with E-state index in [2.05, 4.69) is 10.6 Å². The zero-order valence-corrected chi connectivity index (χ0v) is 21.3. The summed E-state index contributed by atoms with van der Waals surface area (Å²) in [6, 6.07) is 6.42. The number of benzene rings is 1. The zero-order chi connectivity index (χ0) is 25.8. The van der Waals surface area contributed by atoms with Crippen LogP contribution in [-0.4, -0.2) is 59.4 Å². The number of nitrogens with one attached hydrogen (secondary N) is 2. The molecule has 1 aromatic rings. The molecule has 0 unspecified atom stereocenters. The molecule has 0 aliphatic rings. The van der Waals surface area contributed by atoms with Gasteiger partial charge in [-0.1, -0.05) is 12.1 Å². The fourth-order valence-electron chi connectivity index (χ4n) is 2.92. The first-order chi connectivity index (χ1) is 15.8. The van der Waals surface area contributed by atoms with E-state index in [0.29, 0.717) is 45.6 Å². The molecule has 0 atom stereocenters. The fraction of sp³-hybridized carbons (Fsp3) is 0.667. The van der Waals surface area contributed by atoms with Gasteiger partial charge in [0.25, 0.3) is 5.69 Å². The minimum atomic E-state index is -0.582. The van der Waals surface area contributed by atoms with Crippen LogP contribution in [0.25, 0.3) is 0 Å². The number of amides is 2. The van der Waals surface area contributed by atoms with Crippen molar-refractivity contribution >= 4 is 17.9 Å². The number of nitro groups is 1. The van der Waals surface area contributed by atoms with E-state index in [-0.39, 0.29) is 11.8 Å². The minimum absolute atomic E-state index is 0.0676. The van der Waals surface area contributed by atoms with Gasteiger partial charge in [0.05, 0.1) is 4.92 Å². The third-order valence-electron chi connectivity index (χ3n) is 4.43. The third kappa shape index (κ3) is 13.6. The Morgan fingerprint density at radius 3 is 2.06 bits per heavy atom. The van der Waals surface area contributed by atoms with Crippen molar-refractivity contribution in [1.29, 1.82) is 0 Å². The molecule has 192 valence electrons. The number of ether oxygens (including phenoxy) is 2. The van der Waals surface area contributed by atoms with Crippen LogP contribution in [0.15, 0.2) is 24.3 Å². The Hall–Kier alpha value is -2.88.